The summed E-state index contributed by atoms with van der Waals surface area (Å²) in [7, 11) is 0. The van der Waals surface area contributed by atoms with Gasteiger partial charge in [0, 0.05) is 16.3 Å². The minimum Gasteiger partial charge on any atom is -0.463 e. The van der Waals surface area contributed by atoms with Gasteiger partial charge in [0.2, 0.25) is 0 Å². The molecule has 1 aliphatic heterocycles. The molecule has 7 heteroatoms. The topological polar surface area (TPSA) is 76.7 Å². The number of carbonyl (C=O) groups excluding carboxylic acids is 1. The zero-order chi connectivity index (χ0) is 14.8. The Bertz CT molecular complexity index is 586. The van der Waals surface area contributed by atoms with Gasteiger partial charge in [-0.05, 0) is 19.1 Å². The van der Waals surface area contributed by atoms with Crippen LogP contribution in [0.15, 0.2) is 44.6 Å². The van der Waals surface area contributed by atoms with Crippen molar-refractivity contribution in [3.8, 4) is 0 Å². The van der Waals surface area contributed by atoms with Gasteiger partial charge >= 0.3 is 5.97 Å². The molecule has 1 heterocycles. The van der Waals surface area contributed by atoms with Crippen molar-refractivity contribution in [3.63, 3.8) is 0 Å². The summed E-state index contributed by atoms with van der Waals surface area (Å²) < 4.78 is 6.00. The average Bonchev–Trinajstić information content (AvgIpc) is 2.43. The molecule has 1 unspecified atom stereocenters. The Labute approximate surface area is 130 Å². The molecule has 1 atom stereocenters. The fraction of sp³-hybridized carbons (Fsp3) is 0.231. The molecule has 0 amide bonds. The number of nitrogens with zero attached hydrogens (tertiary/aromatic N) is 1. The summed E-state index contributed by atoms with van der Waals surface area (Å²) in [5.74, 6) is -0.358. The quantitative estimate of drug-likeness (QED) is 0.812. The molecule has 0 bridgehead atoms. The predicted octanol–water partition coefficient (Wildman–Crippen LogP) is 2.21. The van der Waals surface area contributed by atoms with Crippen molar-refractivity contribution < 1.29 is 9.53 Å². The van der Waals surface area contributed by atoms with Crippen LogP contribution in [0.2, 0.25) is 0 Å². The summed E-state index contributed by atoms with van der Waals surface area (Å²) in [5.41, 5.74) is 4.99. The molecule has 106 valence electrons. The second kappa shape index (κ2) is 5.85. The fourth-order valence-electron chi connectivity index (χ4n) is 1.80. The van der Waals surface area contributed by atoms with Crippen molar-refractivity contribution in [2.24, 2.45) is 10.7 Å². The van der Waals surface area contributed by atoms with Gasteiger partial charge in [0.05, 0.1) is 11.6 Å². The number of ether oxygens (including phenoxy) is 1. The summed E-state index contributed by atoms with van der Waals surface area (Å²) in [6, 6.07) is 7.14. The maximum Gasteiger partial charge on any atom is 0.359 e. The Hall–Kier alpha value is -1.53. The Morgan fingerprint density at radius 1 is 1.50 bits per heavy atom. The third-order valence-corrected chi connectivity index (χ3v) is 3.61. The maximum absolute atomic E-state index is 12.3. The van der Waals surface area contributed by atoms with Gasteiger partial charge < -0.3 is 15.8 Å². The van der Waals surface area contributed by atoms with E-state index in [2.05, 4.69) is 26.2 Å². The molecule has 0 fully saturated rings. The van der Waals surface area contributed by atoms with Crippen molar-refractivity contribution in [1.29, 1.82) is 0 Å². The number of halogens is 2. The van der Waals surface area contributed by atoms with Crippen LogP contribution < -0.4 is 11.1 Å². The zero-order valence-electron chi connectivity index (χ0n) is 10.7. The largest absolute Gasteiger partial charge is 0.463 e. The van der Waals surface area contributed by atoms with Crippen molar-refractivity contribution in [2.45, 2.75) is 12.6 Å². The van der Waals surface area contributed by atoms with Crippen molar-refractivity contribution >= 4 is 39.7 Å². The van der Waals surface area contributed by atoms with Crippen molar-refractivity contribution in [2.75, 3.05) is 6.61 Å². The molecule has 1 aromatic rings. The van der Waals surface area contributed by atoms with E-state index in [0.717, 1.165) is 4.47 Å². The van der Waals surface area contributed by atoms with Crippen LogP contribution in [0, 0.1) is 0 Å². The number of esters is 1. The smallest absolute Gasteiger partial charge is 0.359 e. The molecular formula is C13H13BrClN3O2. The van der Waals surface area contributed by atoms with Crippen LogP contribution >= 0.6 is 27.5 Å². The van der Waals surface area contributed by atoms with Crippen molar-refractivity contribution in [3.05, 3.63) is 45.2 Å². The molecule has 3 N–H and O–H groups in total. The number of rotatable bonds is 3. The fourth-order valence-corrected chi connectivity index (χ4v) is 2.17. The van der Waals surface area contributed by atoms with Gasteiger partial charge in [-0.15, -0.1) is 0 Å². The lowest BCUT2D eigenvalue weighted by atomic mass is 9.99. The summed E-state index contributed by atoms with van der Waals surface area (Å²) in [5, 5.41) is 3.09. The summed E-state index contributed by atoms with van der Waals surface area (Å²) in [4.78, 5) is 16.5. The third kappa shape index (κ3) is 2.66. The monoisotopic (exact) mass is 357 g/mol. The SMILES string of the molecule is CCOC(=O)C1(c2ccc(Br)cc2)N=CC(Cl)=C(N)N1. The standard InChI is InChI=1S/C13H13BrClN3O2/c1-2-20-12(19)13(8-3-5-9(14)6-4-8)17-7-10(15)11(16)18-13/h3-7,18H,2,16H2,1H3. The van der Waals surface area contributed by atoms with E-state index in [1.165, 1.54) is 6.21 Å². The number of carbonyl (C=O) groups is 1. The molecule has 0 saturated carbocycles. The first kappa shape index (κ1) is 14.9. The highest BCUT2D eigenvalue weighted by atomic mass is 79.9. The summed E-state index contributed by atoms with van der Waals surface area (Å²) in [6.45, 7) is 1.97. The number of hydrogen-bond acceptors (Lipinski definition) is 5. The first-order valence-electron chi connectivity index (χ1n) is 5.91. The van der Waals surface area contributed by atoms with Crippen LogP contribution in [-0.4, -0.2) is 18.8 Å². The number of benzene rings is 1. The van der Waals surface area contributed by atoms with E-state index < -0.39 is 11.6 Å². The van der Waals surface area contributed by atoms with Gasteiger partial charge in [-0.25, -0.2) is 9.79 Å². The number of nitrogens with two attached hydrogens (primary N) is 1. The normalized spacial score (nSPS) is 21.6. The molecule has 2 rings (SSSR count). The lowest BCUT2D eigenvalue weighted by Gasteiger charge is -2.32. The van der Waals surface area contributed by atoms with Crippen LogP contribution in [0.5, 0.6) is 0 Å². The van der Waals surface area contributed by atoms with Gasteiger partial charge in [0.1, 0.15) is 5.82 Å². The zero-order valence-corrected chi connectivity index (χ0v) is 13.0. The summed E-state index contributed by atoms with van der Waals surface area (Å²) >= 11 is 9.22. The summed E-state index contributed by atoms with van der Waals surface area (Å²) in [6.07, 6.45) is 1.35. The van der Waals surface area contributed by atoms with E-state index in [1.54, 1.807) is 19.1 Å². The Balaban J connectivity index is 2.49. The molecule has 0 aromatic heterocycles. The molecule has 0 aliphatic carbocycles. The first-order valence-corrected chi connectivity index (χ1v) is 7.08. The van der Waals surface area contributed by atoms with Crippen molar-refractivity contribution in [1.82, 2.24) is 5.32 Å². The number of hydrogen-bond donors (Lipinski definition) is 2. The molecule has 0 radical (unpaired) electrons. The second-order valence-corrected chi connectivity index (χ2v) is 5.41. The molecule has 1 aliphatic rings. The van der Waals surface area contributed by atoms with Gasteiger partial charge in [0.25, 0.3) is 5.66 Å². The molecule has 20 heavy (non-hydrogen) atoms. The molecule has 1 aromatic carbocycles. The Kier molecular flexibility index (Phi) is 4.35. The van der Waals surface area contributed by atoms with E-state index in [0.29, 0.717) is 5.56 Å². The van der Waals surface area contributed by atoms with Crippen LogP contribution in [0.4, 0.5) is 0 Å². The minimum absolute atomic E-state index is 0.178. The average molecular weight is 359 g/mol. The third-order valence-electron chi connectivity index (χ3n) is 2.78. The second-order valence-electron chi connectivity index (χ2n) is 4.08. The molecule has 5 nitrogen and oxygen atoms in total. The Morgan fingerprint density at radius 2 is 2.15 bits per heavy atom. The van der Waals surface area contributed by atoms with E-state index in [-0.39, 0.29) is 17.5 Å². The van der Waals surface area contributed by atoms with Crippen LogP contribution in [0.25, 0.3) is 0 Å². The Morgan fingerprint density at radius 3 is 2.70 bits per heavy atom. The van der Waals surface area contributed by atoms with Gasteiger partial charge in [-0.1, -0.05) is 39.7 Å². The van der Waals surface area contributed by atoms with E-state index in [4.69, 9.17) is 22.1 Å². The molecule has 0 saturated heterocycles. The highest BCUT2D eigenvalue weighted by Crippen LogP contribution is 2.30. The lowest BCUT2D eigenvalue weighted by Crippen LogP contribution is -2.51. The number of allylic oxidation sites excluding steroid dienone is 1. The van der Waals surface area contributed by atoms with E-state index >= 15 is 0 Å². The van der Waals surface area contributed by atoms with Crippen LogP contribution in [0.1, 0.15) is 12.5 Å². The van der Waals surface area contributed by atoms with Gasteiger partial charge in [-0.2, -0.15) is 0 Å². The highest BCUT2D eigenvalue weighted by molar-refractivity contribution is 9.10. The van der Waals surface area contributed by atoms with Gasteiger partial charge in [-0.3, -0.25) is 0 Å². The predicted molar refractivity (Wildman–Crippen MR) is 81.1 cm³/mol. The molecular weight excluding hydrogens is 346 g/mol. The van der Waals surface area contributed by atoms with E-state index in [1.807, 2.05) is 12.1 Å². The lowest BCUT2D eigenvalue weighted by molar-refractivity contribution is -0.151. The van der Waals surface area contributed by atoms with E-state index in [9.17, 15) is 4.79 Å². The first-order chi connectivity index (χ1) is 9.49. The minimum atomic E-state index is -1.40. The van der Waals surface area contributed by atoms with Crippen LogP contribution in [0.3, 0.4) is 0 Å². The number of aliphatic imine (C=N–C) groups is 1. The molecule has 0 spiro atoms. The number of nitrogens with one attached hydrogen (secondary N) is 1. The van der Waals surface area contributed by atoms with Crippen LogP contribution in [-0.2, 0) is 15.2 Å². The highest BCUT2D eigenvalue weighted by Gasteiger charge is 2.43. The maximum atomic E-state index is 12.3. The van der Waals surface area contributed by atoms with Gasteiger partial charge in [0.15, 0.2) is 0 Å².